The minimum absolute atomic E-state index is 0.971. The summed E-state index contributed by atoms with van der Waals surface area (Å²) in [4.78, 5) is 0. The summed E-state index contributed by atoms with van der Waals surface area (Å²) in [7, 11) is 0. The number of allylic oxidation sites excluding steroid dienone is 2. The van der Waals surface area contributed by atoms with E-state index in [4.69, 9.17) is 0 Å². The van der Waals surface area contributed by atoms with Crippen molar-refractivity contribution in [2.24, 2.45) is 35.5 Å². The Labute approximate surface area is 159 Å². The summed E-state index contributed by atoms with van der Waals surface area (Å²) in [5, 5.41) is 0. The molecule has 2 fully saturated rings. The van der Waals surface area contributed by atoms with Crippen LogP contribution in [0.15, 0.2) is 12.2 Å². The van der Waals surface area contributed by atoms with Crippen LogP contribution in [-0.4, -0.2) is 0 Å². The fourth-order valence-electron chi connectivity index (χ4n) is 5.79. The normalized spacial score (nSPS) is 33.4. The highest BCUT2D eigenvalue weighted by atomic mass is 14.3. The molecule has 0 saturated heterocycles. The summed E-state index contributed by atoms with van der Waals surface area (Å²) in [6, 6.07) is 0. The van der Waals surface area contributed by atoms with Crippen LogP contribution in [0.1, 0.15) is 111 Å². The first-order chi connectivity index (χ1) is 12.1. The van der Waals surface area contributed by atoms with E-state index in [1.54, 1.807) is 0 Å². The van der Waals surface area contributed by atoms with Crippen molar-refractivity contribution in [1.29, 1.82) is 0 Å². The minimum atomic E-state index is 0.971. The molecule has 0 aromatic heterocycles. The summed E-state index contributed by atoms with van der Waals surface area (Å²) in [5.41, 5.74) is 0. The summed E-state index contributed by atoms with van der Waals surface area (Å²) in [6.45, 7) is 9.61. The zero-order valence-electron chi connectivity index (χ0n) is 17.8. The van der Waals surface area contributed by atoms with Gasteiger partial charge < -0.3 is 0 Å². The molecule has 0 N–H and O–H groups in total. The van der Waals surface area contributed by atoms with E-state index in [1.807, 2.05) is 0 Å². The van der Waals surface area contributed by atoms with Crippen LogP contribution in [0.2, 0.25) is 0 Å². The summed E-state index contributed by atoms with van der Waals surface area (Å²) < 4.78 is 0. The van der Waals surface area contributed by atoms with Crippen molar-refractivity contribution in [3.05, 3.63) is 12.2 Å². The predicted octanol–water partition coefficient (Wildman–Crippen LogP) is 8.42. The SMILES string of the molecule is C/C=C/CCC1CCC(C(CC)CCC(C)C2CCC(C)CC2)CC1. The first kappa shape index (κ1) is 21.0. The molecule has 0 bridgehead atoms. The molecular formula is C25H46. The number of hydrogen-bond donors (Lipinski definition) is 0. The van der Waals surface area contributed by atoms with Crippen molar-refractivity contribution in [2.45, 2.75) is 111 Å². The lowest BCUT2D eigenvalue weighted by molar-refractivity contribution is 0.162. The number of rotatable bonds is 9. The largest absolute Gasteiger partial charge is 0.0917 e. The van der Waals surface area contributed by atoms with E-state index < -0.39 is 0 Å². The fourth-order valence-corrected chi connectivity index (χ4v) is 5.79. The molecule has 2 saturated carbocycles. The molecule has 0 aromatic rings. The zero-order valence-corrected chi connectivity index (χ0v) is 17.8. The second-order valence-corrected chi connectivity index (χ2v) is 9.67. The van der Waals surface area contributed by atoms with Gasteiger partial charge in [0, 0.05) is 0 Å². The maximum atomic E-state index is 2.56. The van der Waals surface area contributed by atoms with Gasteiger partial charge in [-0.15, -0.1) is 0 Å². The highest BCUT2D eigenvalue weighted by Gasteiger charge is 2.28. The second kappa shape index (κ2) is 11.5. The highest BCUT2D eigenvalue weighted by Crippen LogP contribution is 2.40. The summed E-state index contributed by atoms with van der Waals surface area (Å²) >= 11 is 0. The molecule has 0 heterocycles. The molecule has 0 aliphatic heterocycles. The van der Waals surface area contributed by atoms with E-state index >= 15 is 0 Å². The van der Waals surface area contributed by atoms with Crippen molar-refractivity contribution in [2.75, 3.05) is 0 Å². The number of hydrogen-bond acceptors (Lipinski definition) is 0. The monoisotopic (exact) mass is 346 g/mol. The molecule has 0 spiro atoms. The highest BCUT2D eigenvalue weighted by molar-refractivity contribution is 4.82. The molecule has 2 unspecified atom stereocenters. The molecule has 2 atom stereocenters. The van der Waals surface area contributed by atoms with Crippen LogP contribution in [0.3, 0.4) is 0 Å². The van der Waals surface area contributed by atoms with Crippen LogP contribution in [-0.2, 0) is 0 Å². The van der Waals surface area contributed by atoms with Crippen molar-refractivity contribution in [3.8, 4) is 0 Å². The van der Waals surface area contributed by atoms with Gasteiger partial charge >= 0.3 is 0 Å². The van der Waals surface area contributed by atoms with Crippen LogP contribution in [0.4, 0.5) is 0 Å². The van der Waals surface area contributed by atoms with Gasteiger partial charge in [-0.25, -0.2) is 0 Å². The smallest absolute Gasteiger partial charge is 0.0348 e. The minimum Gasteiger partial charge on any atom is -0.0917 e. The van der Waals surface area contributed by atoms with E-state index in [0.717, 1.165) is 35.5 Å². The van der Waals surface area contributed by atoms with Gasteiger partial charge in [0.25, 0.3) is 0 Å². The molecule has 2 aliphatic rings. The van der Waals surface area contributed by atoms with Crippen molar-refractivity contribution < 1.29 is 0 Å². The van der Waals surface area contributed by atoms with Gasteiger partial charge in [0.1, 0.15) is 0 Å². The van der Waals surface area contributed by atoms with E-state index in [9.17, 15) is 0 Å². The van der Waals surface area contributed by atoms with Crippen molar-refractivity contribution >= 4 is 0 Å². The van der Waals surface area contributed by atoms with Crippen LogP contribution in [0.5, 0.6) is 0 Å². The fraction of sp³-hybridized carbons (Fsp3) is 0.920. The van der Waals surface area contributed by atoms with Crippen molar-refractivity contribution in [1.82, 2.24) is 0 Å². The van der Waals surface area contributed by atoms with Gasteiger partial charge in [-0.3, -0.25) is 0 Å². The van der Waals surface area contributed by atoms with Gasteiger partial charge in [0.2, 0.25) is 0 Å². The van der Waals surface area contributed by atoms with Crippen LogP contribution >= 0.6 is 0 Å². The lowest BCUT2D eigenvalue weighted by atomic mass is 9.70. The molecule has 2 aliphatic carbocycles. The second-order valence-electron chi connectivity index (χ2n) is 9.67. The molecule has 146 valence electrons. The Balaban J connectivity index is 1.68. The quantitative estimate of drug-likeness (QED) is 0.367. The van der Waals surface area contributed by atoms with Crippen LogP contribution in [0.25, 0.3) is 0 Å². The molecule has 25 heavy (non-hydrogen) atoms. The lowest BCUT2D eigenvalue weighted by Crippen LogP contribution is -2.23. The lowest BCUT2D eigenvalue weighted by Gasteiger charge is -2.35. The van der Waals surface area contributed by atoms with Gasteiger partial charge in [-0.05, 0) is 87.4 Å². The van der Waals surface area contributed by atoms with Gasteiger partial charge in [-0.1, -0.05) is 71.4 Å². The third kappa shape index (κ3) is 7.10. The topological polar surface area (TPSA) is 0 Å². The average molecular weight is 347 g/mol. The predicted molar refractivity (Wildman–Crippen MR) is 113 cm³/mol. The maximum absolute atomic E-state index is 2.56. The molecule has 0 nitrogen and oxygen atoms in total. The maximum Gasteiger partial charge on any atom is -0.0348 e. The van der Waals surface area contributed by atoms with Crippen molar-refractivity contribution in [3.63, 3.8) is 0 Å². The Bertz CT molecular complexity index is 352. The Hall–Kier alpha value is -0.260. The van der Waals surface area contributed by atoms with E-state index in [2.05, 4.69) is 39.8 Å². The Morgan fingerprint density at radius 1 is 0.880 bits per heavy atom. The Morgan fingerprint density at radius 2 is 1.52 bits per heavy atom. The Kier molecular flexibility index (Phi) is 9.64. The first-order valence-electron chi connectivity index (χ1n) is 11.7. The molecular weight excluding hydrogens is 300 g/mol. The summed E-state index contributed by atoms with van der Waals surface area (Å²) in [6.07, 6.45) is 23.8. The molecule has 0 radical (unpaired) electrons. The molecule has 0 aromatic carbocycles. The van der Waals surface area contributed by atoms with Gasteiger partial charge in [0.15, 0.2) is 0 Å². The molecule has 2 rings (SSSR count). The van der Waals surface area contributed by atoms with Gasteiger partial charge in [-0.2, -0.15) is 0 Å². The van der Waals surface area contributed by atoms with E-state index in [1.165, 1.54) is 83.5 Å². The Morgan fingerprint density at radius 3 is 2.12 bits per heavy atom. The van der Waals surface area contributed by atoms with E-state index in [0.29, 0.717) is 0 Å². The van der Waals surface area contributed by atoms with E-state index in [-0.39, 0.29) is 0 Å². The average Bonchev–Trinajstić information content (AvgIpc) is 2.64. The standard InChI is InChI=1S/C25H46/c1-5-7-8-9-22-13-18-25(19-14-22)23(6-2)17-12-21(4)24-15-10-20(3)11-16-24/h5,7,20-25H,6,8-19H2,1-4H3/b7-5+. The third-order valence-corrected chi connectivity index (χ3v) is 7.92. The molecule has 0 amide bonds. The third-order valence-electron chi connectivity index (χ3n) is 7.92. The zero-order chi connectivity index (χ0) is 18.1. The summed E-state index contributed by atoms with van der Waals surface area (Å²) in [5.74, 6) is 6.08. The molecule has 0 heteroatoms. The van der Waals surface area contributed by atoms with Crippen LogP contribution < -0.4 is 0 Å². The van der Waals surface area contributed by atoms with Crippen LogP contribution in [0, 0.1) is 35.5 Å². The van der Waals surface area contributed by atoms with Gasteiger partial charge in [0.05, 0.1) is 0 Å². The first-order valence-corrected chi connectivity index (χ1v) is 11.7.